The van der Waals surface area contributed by atoms with Crippen LogP contribution in [0.1, 0.15) is 44.4 Å². The van der Waals surface area contributed by atoms with Gasteiger partial charge in [0.25, 0.3) is 0 Å². The summed E-state index contributed by atoms with van der Waals surface area (Å²) in [7, 11) is 3.32. The maximum atomic E-state index is 10.7. The van der Waals surface area contributed by atoms with Crippen LogP contribution in [0.3, 0.4) is 0 Å². The van der Waals surface area contributed by atoms with Crippen molar-refractivity contribution in [3.8, 4) is 11.5 Å². The largest absolute Gasteiger partial charge is 0.493 e. The van der Waals surface area contributed by atoms with Gasteiger partial charge in [-0.3, -0.25) is 4.90 Å². The predicted molar refractivity (Wildman–Crippen MR) is 104 cm³/mol. The smallest absolute Gasteiger partial charge is 0.161 e. The van der Waals surface area contributed by atoms with Gasteiger partial charge in [0.15, 0.2) is 11.5 Å². The Labute approximate surface area is 162 Å². The van der Waals surface area contributed by atoms with Gasteiger partial charge in [0.05, 0.1) is 31.5 Å². The van der Waals surface area contributed by atoms with Gasteiger partial charge in [-0.25, -0.2) is 0 Å². The number of ether oxygens (including phenoxy) is 4. The molecule has 1 N–H and O–H groups in total. The normalized spacial score (nSPS) is 25.6. The first kappa shape index (κ1) is 20.4. The lowest BCUT2D eigenvalue weighted by molar-refractivity contribution is -0.149. The Kier molecular flexibility index (Phi) is 6.31. The monoisotopic (exact) mass is 379 g/mol. The van der Waals surface area contributed by atoms with Gasteiger partial charge in [-0.2, -0.15) is 0 Å². The van der Waals surface area contributed by atoms with Crippen molar-refractivity contribution in [2.24, 2.45) is 0 Å². The number of rotatable bonds is 6. The highest BCUT2D eigenvalue weighted by Crippen LogP contribution is 2.42. The molecule has 2 aliphatic rings. The second kappa shape index (κ2) is 8.35. The molecule has 1 aromatic carbocycles. The molecule has 2 aliphatic heterocycles. The SMILES string of the molecule is COCCOc1cc2c(cc1OC)C1CC(O)C(OC(C)(C)C)CN1CC2. The first-order valence-corrected chi connectivity index (χ1v) is 9.75. The molecule has 27 heavy (non-hydrogen) atoms. The van der Waals surface area contributed by atoms with Crippen LogP contribution in [-0.4, -0.2) is 68.3 Å². The Hall–Kier alpha value is -1.34. The number of hydrogen-bond acceptors (Lipinski definition) is 6. The number of fused-ring (bicyclic) bond motifs is 3. The molecule has 6 nitrogen and oxygen atoms in total. The van der Waals surface area contributed by atoms with Crippen molar-refractivity contribution in [3.05, 3.63) is 23.3 Å². The Bertz CT molecular complexity index is 642. The van der Waals surface area contributed by atoms with Crippen LogP contribution in [0.5, 0.6) is 11.5 Å². The van der Waals surface area contributed by atoms with Crippen LogP contribution >= 0.6 is 0 Å². The molecule has 0 amide bonds. The minimum atomic E-state index is -0.472. The number of piperidine rings is 1. The summed E-state index contributed by atoms with van der Waals surface area (Å²) in [5, 5.41) is 10.7. The molecule has 2 heterocycles. The number of hydrogen-bond donors (Lipinski definition) is 1. The van der Waals surface area contributed by atoms with E-state index in [9.17, 15) is 5.11 Å². The van der Waals surface area contributed by atoms with Gasteiger partial charge in [0, 0.05) is 26.2 Å². The summed E-state index contributed by atoms with van der Waals surface area (Å²) in [6.45, 7) is 8.84. The Morgan fingerprint density at radius 3 is 2.59 bits per heavy atom. The van der Waals surface area contributed by atoms with Gasteiger partial charge in [-0.15, -0.1) is 0 Å². The molecule has 152 valence electrons. The third-order valence-corrected chi connectivity index (χ3v) is 5.25. The lowest BCUT2D eigenvalue weighted by Crippen LogP contribution is -2.53. The summed E-state index contributed by atoms with van der Waals surface area (Å²) in [4.78, 5) is 2.43. The molecule has 1 aromatic rings. The minimum Gasteiger partial charge on any atom is -0.493 e. The second-order valence-electron chi connectivity index (χ2n) is 8.38. The third-order valence-electron chi connectivity index (χ3n) is 5.25. The van der Waals surface area contributed by atoms with Crippen molar-refractivity contribution in [1.29, 1.82) is 0 Å². The summed E-state index contributed by atoms with van der Waals surface area (Å²) < 4.78 is 22.6. The van der Waals surface area contributed by atoms with E-state index >= 15 is 0 Å². The van der Waals surface area contributed by atoms with Gasteiger partial charge in [0.1, 0.15) is 6.61 Å². The van der Waals surface area contributed by atoms with Crippen LogP contribution in [0.4, 0.5) is 0 Å². The van der Waals surface area contributed by atoms with E-state index in [2.05, 4.69) is 17.0 Å². The van der Waals surface area contributed by atoms with E-state index in [1.807, 2.05) is 20.8 Å². The van der Waals surface area contributed by atoms with E-state index in [0.29, 0.717) is 19.6 Å². The zero-order valence-corrected chi connectivity index (χ0v) is 17.2. The predicted octanol–water partition coefficient (Wildman–Crippen LogP) is 2.57. The Morgan fingerprint density at radius 1 is 1.15 bits per heavy atom. The number of aliphatic hydroxyl groups is 1. The van der Waals surface area contributed by atoms with Gasteiger partial charge in [0.2, 0.25) is 0 Å². The molecule has 0 spiro atoms. The summed E-state index contributed by atoms with van der Waals surface area (Å²) in [6.07, 6.45) is 0.997. The molecule has 1 fully saturated rings. The fraction of sp³-hybridized carbons (Fsp3) is 0.714. The molecular weight excluding hydrogens is 346 g/mol. The molecule has 0 aliphatic carbocycles. The Morgan fingerprint density at radius 2 is 1.93 bits per heavy atom. The van der Waals surface area contributed by atoms with Crippen LogP contribution in [0.25, 0.3) is 0 Å². The molecule has 1 saturated heterocycles. The van der Waals surface area contributed by atoms with Crippen LogP contribution in [0, 0.1) is 0 Å². The standard InChI is InChI=1S/C21H33NO5/c1-21(2,3)27-20-13-22-7-6-14-10-19(26-9-8-24-4)18(25-5)11-15(14)16(22)12-17(20)23/h10-11,16-17,20,23H,6-9,12-13H2,1-5H3. The lowest BCUT2D eigenvalue weighted by Gasteiger charge is -2.46. The molecule has 0 radical (unpaired) electrons. The van der Waals surface area contributed by atoms with E-state index in [1.165, 1.54) is 11.1 Å². The van der Waals surface area contributed by atoms with Crippen molar-refractivity contribution in [3.63, 3.8) is 0 Å². The quantitative estimate of drug-likeness (QED) is 0.767. The van der Waals surface area contributed by atoms with Gasteiger partial charge >= 0.3 is 0 Å². The highest BCUT2D eigenvalue weighted by Gasteiger charge is 2.40. The molecule has 0 bridgehead atoms. The van der Waals surface area contributed by atoms with E-state index < -0.39 is 6.10 Å². The molecule has 3 atom stereocenters. The van der Waals surface area contributed by atoms with E-state index in [0.717, 1.165) is 31.0 Å². The fourth-order valence-electron chi connectivity index (χ4n) is 4.07. The fourth-order valence-corrected chi connectivity index (χ4v) is 4.07. The number of aliphatic hydroxyl groups excluding tert-OH is 1. The minimum absolute atomic E-state index is 0.152. The Balaban J connectivity index is 1.80. The summed E-state index contributed by atoms with van der Waals surface area (Å²) >= 11 is 0. The van der Waals surface area contributed by atoms with Crippen LogP contribution in [0.2, 0.25) is 0 Å². The number of nitrogens with zero attached hydrogens (tertiary/aromatic N) is 1. The molecule has 3 unspecified atom stereocenters. The van der Waals surface area contributed by atoms with Crippen LogP contribution in [-0.2, 0) is 15.9 Å². The molecular formula is C21H33NO5. The zero-order chi connectivity index (χ0) is 19.6. The highest BCUT2D eigenvalue weighted by molar-refractivity contribution is 5.49. The molecule has 3 rings (SSSR count). The second-order valence-corrected chi connectivity index (χ2v) is 8.38. The summed E-state index contributed by atoms with van der Waals surface area (Å²) in [6, 6.07) is 4.35. The van der Waals surface area contributed by atoms with Crippen LogP contribution in [0.15, 0.2) is 12.1 Å². The number of benzene rings is 1. The maximum absolute atomic E-state index is 10.7. The van der Waals surface area contributed by atoms with Crippen molar-refractivity contribution < 1.29 is 24.1 Å². The lowest BCUT2D eigenvalue weighted by atomic mass is 9.84. The molecule has 6 heteroatoms. The third kappa shape index (κ3) is 4.74. The zero-order valence-electron chi connectivity index (χ0n) is 17.2. The van der Waals surface area contributed by atoms with Crippen molar-refractivity contribution in [1.82, 2.24) is 4.90 Å². The van der Waals surface area contributed by atoms with Crippen molar-refractivity contribution in [2.45, 2.75) is 57.5 Å². The van der Waals surface area contributed by atoms with E-state index in [-0.39, 0.29) is 17.7 Å². The molecule has 0 aromatic heterocycles. The average molecular weight is 379 g/mol. The van der Waals surface area contributed by atoms with Crippen molar-refractivity contribution in [2.75, 3.05) is 40.5 Å². The first-order chi connectivity index (χ1) is 12.8. The van der Waals surface area contributed by atoms with E-state index in [1.54, 1.807) is 14.2 Å². The first-order valence-electron chi connectivity index (χ1n) is 9.75. The van der Waals surface area contributed by atoms with Crippen LogP contribution < -0.4 is 9.47 Å². The number of methoxy groups -OCH3 is 2. The van der Waals surface area contributed by atoms with Crippen molar-refractivity contribution >= 4 is 0 Å². The maximum Gasteiger partial charge on any atom is 0.161 e. The summed E-state index contributed by atoms with van der Waals surface area (Å²) in [5.41, 5.74) is 2.24. The highest BCUT2D eigenvalue weighted by atomic mass is 16.5. The van der Waals surface area contributed by atoms with E-state index in [4.69, 9.17) is 18.9 Å². The van der Waals surface area contributed by atoms with Gasteiger partial charge in [-0.05, 0) is 56.9 Å². The molecule has 0 saturated carbocycles. The average Bonchev–Trinajstić information content (AvgIpc) is 2.61. The summed E-state index contributed by atoms with van der Waals surface area (Å²) in [5.74, 6) is 1.49. The van der Waals surface area contributed by atoms with Gasteiger partial charge < -0.3 is 24.1 Å². The van der Waals surface area contributed by atoms with Gasteiger partial charge in [-0.1, -0.05) is 0 Å². The topological polar surface area (TPSA) is 60.4 Å².